The number of hydrogen-bond acceptors (Lipinski definition) is 10. The molecule has 0 aromatic heterocycles. The third-order valence-electron chi connectivity index (χ3n) is 5.91. The van der Waals surface area contributed by atoms with E-state index in [1.54, 1.807) is 0 Å². The van der Waals surface area contributed by atoms with Gasteiger partial charge in [-0.25, -0.2) is 0 Å². The second-order valence-corrected chi connectivity index (χ2v) is 8.09. The molecule has 170 valence electrons. The number of phenols is 1. The molecule has 0 fully saturated rings. The van der Waals surface area contributed by atoms with Gasteiger partial charge in [-0.05, 0) is 13.0 Å². The van der Waals surface area contributed by atoms with Gasteiger partial charge in [0.1, 0.15) is 22.7 Å². The summed E-state index contributed by atoms with van der Waals surface area (Å²) in [7, 11) is 0. The summed E-state index contributed by atoms with van der Waals surface area (Å²) in [6.45, 7) is 3.23. The summed E-state index contributed by atoms with van der Waals surface area (Å²) in [5.74, 6) is -2.20. The van der Waals surface area contributed by atoms with E-state index in [-0.39, 0.29) is 32.3 Å². The molecule has 0 saturated heterocycles. The van der Waals surface area contributed by atoms with Crippen LogP contribution in [0.3, 0.4) is 0 Å². The molecular formula is C22H19N2O9+. The van der Waals surface area contributed by atoms with Crippen LogP contribution in [-0.4, -0.2) is 43.8 Å². The summed E-state index contributed by atoms with van der Waals surface area (Å²) in [4.78, 5) is 53.7. The van der Waals surface area contributed by atoms with Gasteiger partial charge in [0.25, 0.3) is 0 Å². The minimum Gasteiger partial charge on any atom is -0.507 e. The third kappa shape index (κ3) is 2.98. The van der Waals surface area contributed by atoms with Gasteiger partial charge in [-0.3, -0.25) is 19.2 Å². The van der Waals surface area contributed by atoms with Crippen LogP contribution in [0.2, 0.25) is 0 Å². The van der Waals surface area contributed by atoms with Crippen LogP contribution in [0.25, 0.3) is 10.8 Å². The highest BCUT2D eigenvalue weighted by atomic mass is 16.6. The smallest absolute Gasteiger partial charge is 0.384 e. The van der Waals surface area contributed by atoms with Crippen molar-refractivity contribution in [1.82, 2.24) is 0 Å². The Hall–Kier alpha value is -3.92. The van der Waals surface area contributed by atoms with Crippen molar-refractivity contribution in [3.63, 3.8) is 0 Å². The zero-order valence-corrected chi connectivity index (χ0v) is 17.7. The van der Waals surface area contributed by atoms with Crippen molar-refractivity contribution in [3.05, 3.63) is 65.6 Å². The SMILES string of the molecule is CC(=O)O[C@@H]1c2c(c3c(=O)c4cccc(O)c4c(=O)c=3c2=[N+]=N)[C@H](O)[C@@H](OC(C)=O)[C@]1(C)O. The highest BCUT2D eigenvalue weighted by Gasteiger charge is 2.57. The first kappa shape index (κ1) is 22.3. The van der Waals surface area contributed by atoms with Crippen LogP contribution in [0, 0.1) is 16.0 Å². The predicted molar refractivity (Wildman–Crippen MR) is 108 cm³/mol. The fraction of sp³-hybridized carbons (Fsp3) is 0.318. The third-order valence-corrected chi connectivity index (χ3v) is 5.91. The molecule has 0 heterocycles. The van der Waals surface area contributed by atoms with E-state index in [9.17, 15) is 34.5 Å². The zero-order valence-electron chi connectivity index (χ0n) is 17.7. The number of fused-ring (bicyclic) bond motifs is 3. The van der Waals surface area contributed by atoms with Gasteiger partial charge >= 0.3 is 17.3 Å². The first-order valence-electron chi connectivity index (χ1n) is 9.83. The van der Waals surface area contributed by atoms with Gasteiger partial charge in [0.15, 0.2) is 17.6 Å². The van der Waals surface area contributed by atoms with Gasteiger partial charge in [-0.1, -0.05) is 12.1 Å². The van der Waals surface area contributed by atoms with E-state index in [4.69, 9.17) is 15.0 Å². The van der Waals surface area contributed by atoms with E-state index in [2.05, 4.69) is 4.79 Å². The molecule has 11 heteroatoms. The highest BCUT2D eigenvalue weighted by Crippen LogP contribution is 2.45. The van der Waals surface area contributed by atoms with E-state index in [1.807, 2.05) is 0 Å². The normalized spacial score (nSPS) is 24.3. The molecule has 4 N–H and O–H groups in total. The Bertz CT molecular complexity index is 1590. The van der Waals surface area contributed by atoms with Gasteiger partial charge in [0, 0.05) is 30.0 Å². The lowest BCUT2D eigenvalue weighted by molar-refractivity contribution is -0.219. The number of carbonyl (C=O) groups is 2. The molecule has 0 unspecified atom stereocenters. The molecule has 33 heavy (non-hydrogen) atoms. The van der Waals surface area contributed by atoms with Crippen LogP contribution < -0.4 is 16.2 Å². The molecule has 4 atom stereocenters. The van der Waals surface area contributed by atoms with Gasteiger partial charge in [-0.2, -0.15) is 0 Å². The van der Waals surface area contributed by atoms with Crippen LogP contribution in [-0.2, 0) is 19.1 Å². The van der Waals surface area contributed by atoms with Crippen molar-refractivity contribution in [2.24, 2.45) is 0 Å². The first-order valence-corrected chi connectivity index (χ1v) is 9.83. The van der Waals surface area contributed by atoms with Crippen LogP contribution in [0.1, 0.15) is 44.1 Å². The molecule has 3 aliphatic rings. The van der Waals surface area contributed by atoms with Gasteiger partial charge < -0.3 is 24.8 Å². The maximum absolute atomic E-state index is 13.4. The summed E-state index contributed by atoms with van der Waals surface area (Å²) < 4.78 is 10.4. The Morgan fingerprint density at radius 1 is 1.06 bits per heavy atom. The van der Waals surface area contributed by atoms with E-state index < -0.39 is 57.8 Å². The number of esters is 2. The number of aromatic hydroxyl groups is 1. The van der Waals surface area contributed by atoms with Crippen LogP contribution >= 0.6 is 0 Å². The fourth-order valence-electron chi connectivity index (χ4n) is 4.64. The first-order chi connectivity index (χ1) is 15.4. The number of aliphatic hydroxyl groups is 2. The van der Waals surface area contributed by atoms with Crippen molar-refractivity contribution >= 4 is 22.7 Å². The summed E-state index contributed by atoms with van der Waals surface area (Å²) in [6, 6.07) is 3.89. The van der Waals surface area contributed by atoms with Crippen molar-refractivity contribution in [2.75, 3.05) is 0 Å². The number of aliphatic hydroxyl groups excluding tert-OH is 1. The Balaban J connectivity index is 2.31. The van der Waals surface area contributed by atoms with E-state index in [0.29, 0.717) is 0 Å². The number of carbonyl (C=O) groups excluding carboxylic acids is 2. The Labute approximate surface area is 184 Å². The number of nitrogens with one attached hydrogen (secondary N) is 1. The molecule has 1 aromatic carbocycles. The predicted octanol–water partition coefficient (Wildman–Crippen LogP) is -0.660. The van der Waals surface area contributed by atoms with Crippen molar-refractivity contribution in [3.8, 4) is 5.75 Å². The Morgan fingerprint density at radius 3 is 2.27 bits per heavy atom. The summed E-state index contributed by atoms with van der Waals surface area (Å²) in [6.07, 6.45) is -5.17. The summed E-state index contributed by atoms with van der Waals surface area (Å²) in [5.41, 5.74) is 3.39. The average Bonchev–Trinajstić information content (AvgIpc) is 3.07. The van der Waals surface area contributed by atoms with Crippen molar-refractivity contribution in [1.29, 1.82) is 5.53 Å². The molecule has 4 rings (SSSR count). The molecule has 0 radical (unpaired) electrons. The second-order valence-electron chi connectivity index (χ2n) is 8.09. The number of rotatable bonds is 2. The number of phenolic OH excluding ortho intramolecular Hbond substituents is 1. The molecule has 0 amide bonds. The molecule has 0 saturated carbocycles. The average molecular weight is 455 g/mol. The monoisotopic (exact) mass is 455 g/mol. The minimum absolute atomic E-state index is 0.144. The Morgan fingerprint density at radius 2 is 1.70 bits per heavy atom. The standard InChI is InChI=1S/C22H18N2O9/c1-7(25)32-20-15-13(19(30)21(22(20,3)31)33-8(2)26)12-14(16(15)24-23)18(29)11-9(17(12)28)5-4-6-10(11)27/h4-6,19-21,23,30-31H,1-3H3/p+1/t19-,20+,21+,22+/m0/s1. The van der Waals surface area contributed by atoms with Gasteiger partial charge in [-0.15, -0.1) is 0 Å². The second kappa shape index (κ2) is 7.31. The number of benzene rings is 1. The largest absolute Gasteiger partial charge is 0.507 e. The maximum Gasteiger partial charge on any atom is 0.384 e. The molecule has 0 aliphatic heterocycles. The minimum atomic E-state index is -2.22. The van der Waals surface area contributed by atoms with E-state index in [0.717, 1.165) is 20.8 Å². The molecule has 0 bridgehead atoms. The highest BCUT2D eigenvalue weighted by molar-refractivity contribution is 5.88. The quantitative estimate of drug-likeness (QED) is 0.221. The number of nitrogens with zero attached hydrogens (tertiary/aromatic N) is 1. The summed E-state index contributed by atoms with van der Waals surface area (Å²) in [5, 5.41) is 31.0. The molecule has 11 nitrogen and oxygen atoms in total. The number of hydrogen-bond donors (Lipinski definition) is 4. The molecule has 3 aliphatic carbocycles. The van der Waals surface area contributed by atoms with Crippen LogP contribution in [0.15, 0.2) is 27.8 Å². The lowest BCUT2D eigenvalue weighted by atomic mass is 9.76. The lowest BCUT2D eigenvalue weighted by Gasteiger charge is -2.43. The lowest BCUT2D eigenvalue weighted by Crippen LogP contribution is -2.55. The van der Waals surface area contributed by atoms with E-state index >= 15 is 0 Å². The fourth-order valence-corrected chi connectivity index (χ4v) is 4.64. The van der Waals surface area contributed by atoms with Crippen LogP contribution in [0.4, 0.5) is 0 Å². The van der Waals surface area contributed by atoms with Gasteiger partial charge in [0.2, 0.25) is 5.43 Å². The van der Waals surface area contributed by atoms with Crippen LogP contribution in [0.5, 0.6) is 5.75 Å². The molecular weight excluding hydrogens is 436 g/mol. The van der Waals surface area contributed by atoms with E-state index in [1.165, 1.54) is 18.2 Å². The summed E-state index contributed by atoms with van der Waals surface area (Å²) >= 11 is 0. The Kier molecular flexibility index (Phi) is 4.93. The van der Waals surface area contributed by atoms with Crippen molar-refractivity contribution < 1.29 is 39.2 Å². The molecule has 1 aromatic rings. The molecule has 0 spiro atoms. The van der Waals surface area contributed by atoms with Crippen molar-refractivity contribution in [2.45, 2.75) is 44.7 Å². The van der Waals surface area contributed by atoms with Gasteiger partial charge in [0.05, 0.1) is 21.3 Å². The number of ether oxygens (including phenoxy) is 2. The maximum atomic E-state index is 13.4. The zero-order chi connectivity index (χ0) is 24.4. The topological polar surface area (TPSA) is 185 Å².